The highest BCUT2D eigenvalue weighted by atomic mass is 15.4. The molecule has 0 amide bonds. The summed E-state index contributed by atoms with van der Waals surface area (Å²) in [4.78, 5) is 4.60. The van der Waals surface area contributed by atoms with E-state index < -0.39 is 0 Å². The zero-order valence-corrected chi connectivity index (χ0v) is 10.7. The maximum atomic E-state index is 4.60. The molecule has 0 saturated carbocycles. The fourth-order valence-electron chi connectivity index (χ4n) is 1.97. The fourth-order valence-corrected chi connectivity index (χ4v) is 1.97. The van der Waals surface area contributed by atoms with Crippen LogP contribution < -0.4 is 5.32 Å². The number of rotatable bonds is 4. The van der Waals surface area contributed by atoms with Crippen LogP contribution in [0, 0.1) is 0 Å². The van der Waals surface area contributed by atoms with Crippen LogP contribution in [0.5, 0.6) is 0 Å². The molecule has 0 saturated heterocycles. The first-order valence-corrected chi connectivity index (χ1v) is 6.36. The van der Waals surface area contributed by atoms with Gasteiger partial charge in [0.25, 0.3) is 0 Å². The summed E-state index contributed by atoms with van der Waals surface area (Å²) in [6.45, 7) is 3.77. The van der Waals surface area contributed by atoms with E-state index in [0.717, 1.165) is 35.6 Å². The molecule has 0 aliphatic heterocycles. The van der Waals surface area contributed by atoms with Crippen molar-refractivity contribution < 1.29 is 0 Å². The average Bonchev–Trinajstić information content (AvgIpc) is 2.89. The van der Waals surface area contributed by atoms with Gasteiger partial charge in [-0.2, -0.15) is 4.68 Å². The molecule has 19 heavy (non-hydrogen) atoms. The van der Waals surface area contributed by atoms with Gasteiger partial charge in [0.05, 0.1) is 11.2 Å². The van der Waals surface area contributed by atoms with Crippen molar-refractivity contribution in [3.8, 4) is 5.82 Å². The monoisotopic (exact) mass is 253 g/mol. The molecule has 0 aliphatic carbocycles. The van der Waals surface area contributed by atoms with E-state index in [1.54, 1.807) is 4.68 Å². The predicted octanol–water partition coefficient (Wildman–Crippen LogP) is 1.92. The Morgan fingerprint density at radius 2 is 2.00 bits per heavy atom. The molecule has 0 aliphatic rings. The maximum absolute atomic E-state index is 4.60. The molecular weight excluding hydrogens is 238 g/mol. The summed E-state index contributed by atoms with van der Waals surface area (Å²) in [5.74, 6) is 0.795. The van der Waals surface area contributed by atoms with Crippen LogP contribution in [0.1, 0.15) is 12.6 Å². The van der Waals surface area contributed by atoms with Crippen LogP contribution in [-0.4, -0.2) is 26.5 Å². The minimum Gasteiger partial charge on any atom is -0.311 e. The first kappa shape index (κ1) is 11.8. The van der Waals surface area contributed by atoms with E-state index in [2.05, 4.69) is 27.5 Å². The summed E-state index contributed by atoms with van der Waals surface area (Å²) in [5, 5.41) is 11.6. The Morgan fingerprint density at radius 3 is 2.89 bits per heavy atom. The van der Waals surface area contributed by atoms with Gasteiger partial charge >= 0.3 is 0 Å². The molecule has 5 heteroatoms. The second kappa shape index (κ2) is 5.16. The van der Waals surface area contributed by atoms with Gasteiger partial charge in [-0.25, -0.2) is 4.98 Å². The van der Waals surface area contributed by atoms with E-state index in [1.165, 1.54) is 0 Å². The van der Waals surface area contributed by atoms with Crippen molar-refractivity contribution in [2.45, 2.75) is 13.5 Å². The van der Waals surface area contributed by atoms with E-state index in [1.807, 2.05) is 42.5 Å². The van der Waals surface area contributed by atoms with Gasteiger partial charge in [0.15, 0.2) is 5.82 Å². The van der Waals surface area contributed by atoms with Crippen molar-refractivity contribution in [2.75, 3.05) is 6.54 Å². The van der Waals surface area contributed by atoms with Gasteiger partial charge in [0.1, 0.15) is 5.52 Å². The molecule has 0 fully saturated rings. The first-order chi connectivity index (χ1) is 9.38. The minimum absolute atomic E-state index is 0.761. The summed E-state index contributed by atoms with van der Waals surface area (Å²) < 4.78 is 1.77. The lowest BCUT2D eigenvalue weighted by Crippen LogP contribution is -2.13. The number of fused-ring (bicyclic) bond motifs is 1. The van der Waals surface area contributed by atoms with E-state index in [0.29, 0.717) is 0 Å². The number of pyridine rings is 1. The highest BCUT2D eigenvalue weighted by Crippen LogP contribution is 2.14. The second-order valence-corrected chi connectivity index (χ2v) is 4.26. The molecule has 2 heterocycles. The van der Waals surface area contributed by atoms with Crippen LogP contribution in [0.4, 0.5) is 0 Å². The number of para-hydroxylation sites is 1. The third kappa shape index (κ3) is 2.32. The molecule has 0 atom stereocenters. The predicted molar refractivity (Wildman–Crippen MR) is 74.0 cm³/mol. The number of hydrogen-bond acceptors (Lipinski definition) is 4. The highest BCUT2D eigenvalue weighted by Gasteiger charge is 2.07. The van der Waals surface area contributed by atoms with E-state index in [-0.39, 0.29) is 0 Å². The summed E-state index contributed by atoms with van der Waals surface area (Å²) >= 11 is 0. The molecule has 3 rings (SSSR count). The summed E-state index contributed by atoms with van der Waals surface area (Å²) in [6.07, 6.45) is 0. The standard InChI is InChI=1S/C14H15N5/c1-2-15-10-11-6-5-9-14(16-11)19-13-8-4-3-7-12(13)17-18-19/h3-9,15H,2,10H2,1H3. The lowest BCUT2D eigenvalue weighted by molar-refractivity contribution is 0.703. The van der Waals surface area contributed by atoms with Crippen molar-refractivity contribution in [2.24, 2.45) is 0 Å². The van der Waals surface area contributed by atoms with Crippen LogP contribution in [0.3, 0.4) is 0 Å². The normalized spacial score (nSPS) is 11.0. The van der Waals surface area contributed by atoms with Crippen LogP contribution in [0.25, 0.3) is 16.9 Å². The summed E-state index contributed by atoms with van der Waals surface area (Å²) in [7, 11) is 0. The zero-order valence-electron chi connectivity index (χ0n) is 10.7. The third-order valence-electron chi connectivity index (χ3n) is 2.92. The number of nitrogens with one attached hydrogen (secondary N) is 1. The molecule has 0 spiro atoms. The molecular formula is C14H15N5. The Labute approximate surface area is 111 Å². The average molecular weight is 253 g/mol. The summed E-state index contributed by atoms with van der Waals surface area (Å²) in [5.41, 5.74) is 2.84. The Kier molecular flexibility index (Phi) is 3.20. The largest absolute Gasteiger partial charge is 0.311 e. The molecule has 5 nitrogen and oxygen atoms in total. The Balaban J connectivity index is 2.01. The van der Waals surface area contributed by atoms with E-state index >= 15 is 0 Å². The number of aromatic nitrogens is 4. The van der Waals surface area contributed by atoms with Gasteiger partial charge < -0.3 is 5.32 Å². The van der Waals surface area contributed by atoms with Gasteiger partial charge in [0, 0.05) is 6.54 Å². The topological polar surface area (TPSA) is 55.6 Å². The molecule has 1 N–H and O–H groups in total. The van der Waals surface area contributed by atoms with Crippen molar-refractivity contribution >= 4 is 11.0 Å². The molecule has 3 aromatic rings. The maximum Gasteiger partial charge on any atom is 0.156 e. The van der Waals surface area contributed by atoms with E-state index in [9.17, 15) is 0 Å². The van der Waals surface area contributed by atoms with Gasteiger partial charge in [0.2, 0.25) is 0 Å². The van der Waals surface area contributed by atoms with Gasteiger partial charge in [-0.1, -0.05) is 30.3 Å². The molecule has 0 unspecified atom stereocenters. The fraction of sp³-hybridized carbons (Fsp3) is 0.214. The van der Waals surface area contributed by atoms with E-state index in [4.69, 9.17) is 0 Å². The Morgan fingerprint density at radius 1 is 1.11 bits per heavy atom. The van der Waals surface area contributed by atoms with Crippen LogP contribution in [0.15, 0.2) is 42.5 Å². The highest BCUT2D eigenvalue weighted by molar-refractivity contribution is 5.75. The lowest BCUT2D eigenvalue weighted by atomic mass is 10.3. The second-order valence-electron chi connectivity index (χ2n) is 4.26. The SMILES string of the molecule is CCNCc1cccc(-n2nnc3ccccc32)n1. The van der Waals surface area contributed by atoms with Gasteiger partial charge in [-0.15, -0.1) is 5.10 Å². The number of benzene rings is 1. The summed E-state index contributed by atoms with van der Waals surface area (Å²) in [6, 6.07) is 13.8. The van der Waals surface area contributed by atoms with Crippen LogP contribution >= 0.6 is 0 Å². The lowest BCUT2D eigenvalue weighted by Gasteiger charge is -2.05. The third-order valence-corrected chi connectivity index (χ3v) is 2.92. The Bertz CT molecular complexity index is 689. The molecule has 2 aromatic heterocycles. The smallest absolute Gasteiger partial charge is 0.156 e. The van der Waals surface area contributed by atoms with Crippen LogP contribution in [0.2, 0.25) is 0 Å². The minimum atomic E-state index is 0.761. The number of nitrogens with zero attached hydrogens (tertiary/aromatic N) is 4. The quantitative estimate of drug-likeness (QED) is 0.772. The molecule has 0 bridgehead atoms. The molecule has 0 radical (unpaired) electrons. The van der Waals surface area contributed by atoms with Gasteiger partial charge in [-0.05, 0) is 30.8 Å². The van der Waals surface area contributed by atoms with Crippen molar-refractivity contribution in [3.63, 3.8) is 0 Å². The van der Waals surface area contributed by atoms with Crippen molar-refractivity contribution in [1.82, 2.24) is 25.3 Å². The molecule has 1 aromatic carbocycles. The molecule has 96 valence electrons. The first-order valence-electron chi connectivity index (χ1n) is 6.36. The Hall–Kier alpha value is -2.27. The van der Waals surface area contributed by atoms with Crippen LogP contribution in [-0.2, 0) is 6.54 Å². The van der Waals surface area contributed by atoms with Crippen molar-refractivity contribution in [1.29, 1.82) is 0 Å². The van der Waals surface area contributed by atoms with Gasteiger partial charge in [-0.3, -0.25) is 0 Å². The number of hydrogen-bond donors (Lipinski definition) is 1. The van der Waals surface area contributed by atoms with Crippen molar-refractivity contribution in [3.05, 3.63) is 48.2 Å². The zero-order chi connectivity index (χ0) is 13.1.